The lowest BCUT2D eigenvalue weighted by Gasteiger charge is -2.38. The Balaban J connectivity index is 1.54. The van der Waals surface area contributed by atoms with Gasteiger partial charge in [0.1, 0.15) is 12.1 Å². The Morgan fingerprint density at radius 1 is 0.957 bits per heavy atom. The predicted molar refractivity (Wildman–Crippen MR) is 176 cm³/mol. The summed E-state index contributed by atoms with van der Waals surface area (Å²) in [5.74, 6) is -2.38. The van der Waals surface area contributed by atoms with E-state index in [1.54, 1.807) is 32.9 Å². The van der Waals surface area contributed by atoms with Crippen molar-refractivity contribution >= 4 is 50.7 Å². The minimum atomic E-state index is -3.47. The zero-order valence-corrected chi connectivity index (χ0v) is 28.3. The van der Waals surface area contributed by atoms with E-state index in [1.165, 1.54) is 9.31 Å². The van der Waals surface area contributed by atoms with Gasteiger partial charge in [-0.15, -0.1) is 0 Å². The van der Waals surface area contributed by atoms with E-state index in [0.717, 1.165) is 17.2 Å². The Morgan fingerprint density at radius 3 is 2.32 bits per heavy atom. The van der Waals surface area contributed by atoms with Gasteiger partial charge in [-0.2, -0.15) is 0 Å². The summed E-state index contributed by atoms with van der Waals surface area (Å²) < 4.78 is 31.8. The van der Waals surface area contributed by atoms with Gasteiger partial charge in [-0.05, 0) is 63.1 Å². The number of hydrogen-bond donors (Lipinski definition) is 3. The van der Waals surface area contributed by atoms with Crippen LogP contribution in [0.4, 0.5) is 0 Å². The molecule has 1 spiro atoms. The van der Waals surface area contributed by atoms with E-state index in [4.69, 9.17) is 9.72 Å². The first-order valence-corrected chi connectivity index (χ1v) is 18.0. The second-order valence-electron chi connectivity index (χ2n) is 13.2. The SMILES string of the molecule is CC(C)C1OC(=O)C2(/C=C/c3ccc4ccc(nc4c3)[C@@H](C)NC(=O)[C@@H]3CCCN(N3)C(=O)[C@H](C)NC1=O)CCN(S(C)(=O)=O)CC2. The van der Waals surface area contributed by atoms with E-state index in [2.05, 4.69) is 16.1 Å². The van der Waals surface area contributed by atoms with Gasteiger partial charge in [0.15, 0.2) is 6.10 Å². The van der Waals surface area contributed by atoms with Crippen molar-refractivity contribution in [2.45, 2.75) is 77.6 Å². The molecule has 5 rings (SSSR count). The summed E-state index contributed by atoms with van der Waals surface area (Å²) in [4.78, 5) is 59.0. The van der Waals surface area contributed by atoms with Crippen LogP contribution in [0.3, 0.4) is 0 Å². The number of hydrogen-bond acceptors (Lipinski definition) is 9. The summed E-state index contributed by atoms with van der Waals surface area (Å²) in [7, 11) is -3.47. The highest BCUT2D eigenvalue weighted by molar-refractivity contribution is 7.88. The molecule has 47 heavy (non-hydrogen) atoms. The maximum Gasteiger partial charge on any atom is 0.316 e. The second kappa shape index (κ2) is 13.7. The Bertz CT molecular complexity index is 1690. The van der Waals surface area contributed by atoms with Crippen molar-refractivity contribution in [3.05, 3.63) is 47.7 Å². The number of ether oxygens (including phenoxy) is 1. The number of benzene rings is 1. The molecular formula is C33H44N6O7S. The first kappa shape index (κ1) is 34.5. The van der Waals surface area contributed by atoms with Gasteiger partial charge in [0.05, 0.1) is 28.9 Å². The van der Waals surface area contributed by atoms with Crippen LogP contribution in [0.15, 0.2) is 36.4 Å². The molecule has 13 nitrogen and oxygen atoms in total. The third-order valence-corrected chi connectivity index (χ3v) is 10.5. The number of piperidine rings is 1. The first-order valence-electron chi connectivity index (χ1n) is 16.1. The molecule has 0 saturated carbocycles. The molecule has 3 aliphatic heterocycles. The number of rotatable bonds is 2. The standard InChI is InChI=1S/C33H44N6O7S/c1-20(2)28-30(41)35-22(4)31(42)39-16-6-7-26(37-39)29(40)34-21(3)25-11-10-24-9-8-23(19-27(24)36-25)12-13-33(32(43)46-28)14-17-38(18-15-33)47(5,44)45/h8-13,19-22,26,28,37H,6-7,14-18H2,1-5H3,(H,34,40)(H,35,41)/b13-12+/t21-,22+,26+,28?/m1/s1. The van der Waals surface area contributed by atoms with Gasteiger partial charge >= 0.3 is 5.97 Å². The number of sulfonamides is 1. The molecule has 254 valence electrons. The van der Waals surface area contributed by atoms with Crippen LogP contribution >= 0.6 is 0 Å². The van der Waals surface area contributed by atoms with Crippen LogP contribution in [-0.2, 0) is 33.9 Å². The summed E-state index contributed by atoms with van der Waals surface area (Å²) in [6.07, 6.45) is 4.90. The highest BCUT2D eigenvalue weighted by Crippen LogP contribution is 2.37. The van der Waals surface area contributed by atoms with Crippen LogP contribution < -0.4 is 16.1 Å². The number of carbonyl (C=O) groups excluding carboxylic acids is 4. The number of pyridine rings is 1. The van der Waals surface area contributed by atoms with Gasteiger partial charge in [-0.3, -0.25) is 29.2 Å². The van der Waals surface area contributed by atoms with Gasteiger partial charge in [0, 0.05) is 25.0 Å². The third-order valence-electron chi connectivity index (χ3n) is 9.22. The Morgan fingerprint density at radius 2 is 1.64 bits per heavy atom. The lowest BCUT2D eigenvalue weighted by molar-refractivity contribution is -0.168. The number of esters is 1. The summed E-state index contributed by atoms with van der Waals surface area (Å²) in [6.45, 7) is 7.45. The van der Waals surface area contributed by atoms with Crippen molar-refractivity contribution in [3.63, 3.8) is 0 Å². The number of hydrazine groups is 1. The molecule has 0 aliphatic carbocycles. The van der Waals surface area contributed by atoms with Crippen LogP contribution in [0.25, 0.3) is 17.0 Å². The van der Waals surface area contributed by atoms with E-state index < -0.39 is 63.4 Å². The van der Waals surface area contributed by atoms with Gasteiger partial charge in [0.2, 0.25) is 15.9 Å². The van der Waals surface area contributed by atoms with Crippen molar-refractivity contribution in [3.8, 4) is 0 Å². The average molecular weight is 669 g/mol. The van der Waals surface area contributed by atoms with Crippen LogP contribution in [0.5, 0.6) is 0 Å². The van der Waals surface area contributed by atoms with Gasteiger partial charge in [0.25, 0.3) is 11.8 Å². The Kier molecular flexibility index (Phi) is 10.0. The topological polar surface area (TPSA) is 167 Å². The number of aromatic nitrogens is 1. The fourth-order valence-electron chi connectivity index (χ4n) is 6.24. The first-order chi connectivity index (χ1) is 22.2. The summed E-state index contributed by atoms with van der Waals surface area (Å²) >= 11 is 0. The van der Waals surface area contributed by atoms with Crippen LogP contribution in [0.1, 0.15) is 70.7 Å². The van der Waals surface area contributed by atoms with E-state index in [9.17, 15) is 27.6 Å². The maximum absolute atomic E-state index is 14.0. The van der Waals surface area contributed by atoms with Gasteiger partial charge in [-0.25, -0.2) is 18.1 Å². The zero-order chi connectivity index (χ0) is 34.1. The highest BCUT2D eigenvalue weighted by atomic mass is 32.2. The number of fused-ring (bicyclic) bond motifs is 4. The molecule has 2 saturated heterocycles. The number of carbonyl (C=O) groups is 4. The van der Waals surface area contributed by atoms with Crippen LogP contribution in [0, 0.1) is 11.3 Å². The highest BCUT2D eigenvalue weighted by Gasteiger charge is 2.44. The van der Waals surface area contributed by atoms with Crippen molar-refractivity contribution in [2.24, 2.45) is 11.3 Å². The number of nitrogens with zero attached hydrogens (tertiary/aromatic N) is 3. The fraction of sp³-hybridized carbons (Fsp3) is 0.545. The molecule has 0 radical (unpaired) electrons. The molecule has 1 unspecified atom stereocenters. The maximum atomic E-state index is 14.0. The van der Waals surface area contributed by atoms with Crippen molar-refractivity contribution in [2.75, 3.05) is 25.9 Å². The minimum absolute atomic E-state index is 0.110. The lowest BCUT2D eigenvalue weighted by Crippen LogP contribution is -2.61. The molecule has 4 heterocycles. The predicted octanol–water partition coefficient (Wildman–Crippen LogP) is 2.05. The number of cyclic esters (lactones) is 1. The zero-order valence-electron chi connectivity index (χ0n) is 27.5. The Hall–Kier alpha value is -3.88. The average Bonchev–Trinajstić information content (AvgIpc) is 3.04. The number of nitrogens with one attached hydrogen (secondary N) is 3. The molecule has 3 amide bonds. The van der Waals surface area contributed by atoms with Crippen LogP contribution in [0.2, 0.25) is 0 Å². The molecule has 2 aromatic rings. The Labute approximate surface area is 275 Å². The van der Waals surface area contributed by atoms with Gasteiger partial charge in [-0.1, -0.05) is 44.2 Å². The van der Waals surface area contributed by atoms with Crippen LogP contribution in [-0.4, -0.2) is 90.5 Å². The molecule has 4 atom stereocenters. The molecular weight excluding hydrogens is 624 g/mol. The van der Waals surface area contributed by atoms with E-state index in [1.807, 2.05) is 37.3 Å². The van der Waals surface area contributed by atoms with Crippen molar-refractivity contribution in [1.82, 2.24) is 30.4 Å². The molecule has 5 bridgehead atoms. The summed E-state index contributed by atoms with van der Waals surface area (Å²) in [6, 6.07) is 7.44. The third kappa shape index (κ3) is 7.65. The molecule has 3 N–H and O–H groups in total. The van der Waals surface area contributed by atoms with E-state index in [0.29, 0.717) is 30.6 Å². The lowest BCUT2D eigenvalue weighted by atomic mass is 9.78. The molecule has 1 aromatic carbocycles. The quantitative estimate of drug-likeness (QED) is 0.406. The number of amides is 3. The molecule has 2 fully saturated rings. The van der Waals surface area contributed by atoms with Crippen molar-refractivity contribution < 1.29 is 32.3 Å². The monoisotopic (exact) mass is 668 g/mol. The second-order valence-corrected chi connectivity index (χ2v) is 15.2. The molecule has 3 aliphatic rings. The smallest absolute Gasteiger partial charge is 0.316 e. The van der Waals surface area contributed by atoms with E-state index >= 15 is 0 Å². The van der Waals surface area contributed by atoms with Gasteiger partial charge < -0.3 is 15.4 Å². The fourth-order valence-corrected chi connectivity index (χ4v) is 7.09. The van der Waals surface area contributed by atoms with Crippen molar-refractivity contribution in [1.29, 1.82) is 0 Å². The molecule has 14 heteroatoms. The summed E-state index contributed by atoms with van der Waals surface area (Å²) in [5.41, 5.74) is 3.93. The minimum Gasteiger partial charge on any atom is -0.451 e. The molecule has 1 aromatic heterocycles. The largest absolute Gasteiger partial charge is 0.451 e. The summed E-state index contributed by atoms with van der Waals surface area (Å²) in [5, 5.41) is 7.95. The van der Waals surface area contributed by atoms with E-state index in [-0.39, 0.29) is 31.8 Å². The normalized spacial score (nSPS) is 27.4.